The molecule has 0 aliphatic rings. The molecule has 0 unspecified atom stereocenters. The Labute approximate surface area is 196 Å². The SMILES string of the molecule is CCc1ccc(C(=O)Nc2nc3c(s2)c(C(=O)NCc2ccncc2)nn3C(C)(C)C)cc1. The largest absolute Gasteiger partial charge is 0.347 e. The van der Waals surface area contributed by atoms with Crippen molar-refractivity contribution in [2.24, 2.45) is 0 Å². The molecule has 0 fully saturated rings. The molecular formula is C24H26N6O2S. The summed E-state index contributed by atoms with van der Waals surface area (Å²) < 4.78 is 2.36. The Kier molecular flexibility index (Phi) is 6.24. The highest BCUT2D eigenvalue weighted by Gasteiger charge is 2.27. The summed E-state index contributed by atoms with van der Waals surface area (Å²) >= 11 is 1.24. The van der Waals surface area contributed by atoms with Crippen molar-refractivity contribution >= 4 is 38.6 Å². The molecule has 0 saturated heterocycles. The Morgan fingerprint density at radius 1 is 1.00 bits per heavy atom. The van der Waals surface area contributed by atoms with E-state index in [0.29, 0.717) is 33.3 Å². The number of fused-ring (bicyclic) bond motifs is 1. The number of hydrogen-bond donors (Lipinski definition) is 2. The minimum atomic E-state index is -0.396. The van der Waals surface area contributed by atoms with Crippen molar-refractivity contribution in [2.75, 3.05) is 5.32 Å². The lowest BCUT2D eigenvalue weighted by Crippen LogP contribution is -2.26. The van der Waals surface area contributed by atoms with Gasteiger partial charge >= 0.3 is 0 Å². The van der Waals surface area contributed by atoms with Gasteiger partial charge in [-0.1, -0.05) is 30.4 Å². The molecule has 2 amide bonds. The number of anilines is 1. The van der Waals surface area contributed by atoms with Crippen LogP contribution in [0.15, 0.2) is 48.8 Å². The zero-order valence-corrected chi connectivity index (χ0v) is 19.9. The van der Waals surface area contributed by atoms with E-state index in [9.17, 15) is 9.59 Å². The molecule has 170 valence electrons. The summed E-state index contributed by atoms with van der Waals surface area (Å²) in [5.41, 5.74) is 3.12. The van der Waals surface area contributed by atoms with Gasteiger partial charge in [0.05, 0.1) is 5.54 Å². The maximum Gasteiger partial charge on any atom is 0.273 e. The van der Waals surface area contributed by atoms with Gasteiger partial charge < -0.3 is 5.32 Å². The Morgan fingerprint density at radius 3 is 2.33 bits per heavy atom. The van der Waals surface area contributed by atoms with Crippen LogP contribution in [-0.2, 0) is 18.5 Å². The lowest BCUT2D eigenvalue weighted by molar-refractivity contribution is 0.0945. The number of hydrogen-bond acceptors (Lipinski definition) is 6. The highest BCUT2D eigenvalue weighted by molar-refractivity contribution is 7.22. The number of carbonyl (C=O) groups excluding carboxylic acids is 2. The fourth-order valence-corrected chi connectivity index (χ4v) is 4.22. The van der Waals surface area contributed by atoms with E-state index in [1.54, 1.807) is 29.2 Å². The Bertz CT molecular complexity index is 1290. The lowest BCUT2D eigenvalue weighted by Gasteiger charge is -2.19. The molecule has 0 saturated carbocycles. The minimum Gasteiger partial charge on any atom is -0.347 e. The molecule has 0 bridgehead atoms. The smallest absolute Gasteiger partial charge is 0.273 e. The van der Waals surface area contributed by atoms with E-state index in [1.165, 1.54) is 16.9 Å². The molecule has 33 heavy (non-hydrogen) atoms. The fraction of sp³-hybridized carbons (Fsp3) is 0.292. The van der Waals surface area contributed by atoms with E-state index in [0.717, 1.165) is 12.0 Å². The average molecular weight is 463 g/mol. The zero-order chi connectivity index (χ0) is 23.6. The number of aromatic nitrogens is 4. The summed E-state index contributed by atoms with van der Waals surface area (Å²) in [6.07, 6.45) is 4.28. The van der Waals surface area contributed by atoms with E-state index in [2.05, 4.69) is 32.6 Å². The van der Waals surface area contributed by atoms with Crippen molar-refractivity contribution in [1.82, 2.24) is 25.1 Å². The third-order valence-corrected chi connectivity index (χ3v) is 6.09. The molecule has 9 heteroatoms. The average Bonchev–Trinajstić information content (AvgIpc) is 3.36. The number of benzene rings is 1. The first-order valence-corrected chi connectivity index (χ1v) is 11.6. The molecule has 4 aromatic rings. The summed E-state index contributed by atoms with van der Waals surface area (Å²) in [5.74, 6) is -0.537. The van der Waals surface area contributed by atoms with Crippen molar-refractivity contribution in [3.8, 4) is 0 Å². The van der Waals surface area contributed by atoms with Crippen molar-refractivity contribution in [3.05, 3.63) is 71.2 Å². The van der Waals surface area contributed by atoms with Crippen LogP contribution in [-0.4, -0.2) is 31.6 Å². The highest BCUT2D eigenvalue weighted by Crippen LogP contribution is 2.32. The Morgan fingerprint density at radius 2 is 1.70 bits per heavy atom. The van der Waals surface area contributed by atoms with Crippen LogP contribution >= 0.6 is 11.3 Å². The predicted octanol–water partition coefficient (Wildman–Crippen LogP) is 4.39. The topological polar surface area (TPSA) is 102 Å². The monoisotopic (exact) mass is 462 g/mol. The number of nitrogens with one attached hydrogen (secondary N) is 2. The van der Waals surface area contributed by atoms with Gasteiger partial charge in [0.15, 0.2) is 16.5 Å². The molecular weight excluding hydrogens is 436 g/mol. The van der Waals surface area contributed by atoms with Crippen LogP contribution in [0.25, 0.3) is 10.3 Å². The van der Waals surface area contributed by atoms with Crippen molar-refractivity contribution in [2.45, 2.75) is 46.2 Å². The van der Waals surface area contributed by atoms with Gasteiger partial charge in [0.1, 0.15) is 4.70 Å². The normalized spacial score (nSPS) is 11.5. The van der Waals surface area contributed by atoms with Crippen LogP contribution in [0.3, 0.4) is 0 Å². The first-order chi connectivity index (χ1) is 15.8. The van der Waals surface area contributed by atoms with Crippen LogP contribution in [0, 0.1) is 0 Å². The van der Waals surface area contributed by atoms with Crippen LogP contribution in [0.4, 0.5) is 5.13 Å². The maximum absolute atomic E-state index is 13.0. The molecule has 0 aliphatic heterocycles. The van der Waals surface area contributed by atoms with Gasteiger partial charge in [0.2, 0.25) is 0 Å². The number of nitrogens with zero attached hydrogens (tertiary/aromatic N) is 4. The maximum atomic E-state index is 13.0. The van der Waals surface area contributed by atoms with Crippen molar-refractivity contribution in [3.63, 3.8) is 0 Å². The quantitative estimate of drug-likeness (QED) is 0.443. The summed E-state index contributed by atoms with van der Waals surface area (Å²) in [5, 5.41) is 10.8. The van der Waals surface area contributed by atoms with E-state index in [1.807, 2.05) is 45.0 Å². The zero-order valence-electron chi connectivity index (χ0n) is 19.0. The lowest BCUT2D eigenvalue weighted by atomic mass is 10.1. The summed E-state index contributed by atoms with van der Waals surface area (Å²) in [6.45, 7) is 8.40. The van der Waals surface area contributed by atoms with Crippen LogP contribution < -0.4 is 10.6 Å². The summed E-state index contributed by atoms with van der Waals surface area (Å²) in [7, 11) is 0. The second kappa shape index (κ2) is 9.11. The van der Waals surface area contributed by atoms with Crippen molar-refractivity contribution in [1.29, 1.82) is 0 Å². The van der Waals surface area contributed by atoms with Gasteiger partial charge in [-0.15, -0.1) is 0 Å². The van der Waals surface area contributed by atoms with E-state index < -0.39 is 5.54 Å². The van der Waals surface area contributed by atoms with E-state index in [-0.39, 0.29) is 11.8 Å². The number of aryl methyl sites for hydroxylation is 1. The molecule has 3 aromatic heterocycles. The molecule has 1 aromatic carbocycles. The predicted molar refractivity (Wildman–Crippen MR) is 130 cm³/mol. The fourth-order valence-electron chi connectivity index (χ4n) is 3.30. The third-order valence-electron chi connectivity index (χ3n) is 5.12. The van der Waals surface area contributed by atoms with Crippen LogP contribution in [0.2, 0.25) is 0 Å². The Hall–Kier alpha value is -3.59. The molecule has 2 N–H and O–H groups in total. The van der Waals surface area contributed by atoms with Gasteiger partial charge in [-0.3, -0.25) is 19.9 Å². The molecule has 0 spiro atoms. The van der Waals surface area contributed by atoms with Crippen molar-refractivity contribution < 1.29 is 9.59 Å². The molecule has 4 rings (SSSR count). The van der Waals surface area contributed by atoms with Crippen LogP contribution in [0.1, 0.15) is 59.7 Å². The number of rotatable bonds is 6. The van der Waals surface area contributed by atoms with Gasteiger partial charge in [-0.05, 0) is 62.6 Å². The number of amides is 2. The highest BCUT2D eigenvalue weighted by atomic mass is 32.1. The van der Waals surface area contributed by atoms with E-state index in [4.69, 9.17) is 0 Å². The number of pyridine rings is 1. The molecule has 0 radical (unpaired) electrons. The standard InChI is InChI=1S/C24H26N6O2S/c1-5-15-6-8-17(9-7-15)21(31)28-23-27-20-19(33-23)18(29-30(20)24(2,3)4)22(32)26-14-16-10-12-25-13-11-16/h6-13H,5,14H2,1-4H3,(H,26,32)(H,27,28,31). The van der Waals surface area contributed by atoms with Gasteiger partial charge in [0.25, 0.3) is 11.8 Å². The third kappa shape index (κ3) is 4.93. The second-order valence-corrected chi connectivity index (χ2v) is 9.64. The molecule has 0 atom stereocenters. The number of thiazole rings is 1. The number of carbonyl (C=O) groups is 2. The van der Waals surface area contributed by atoms with Gasteiger partial charge in [0, 0.05) is 24.5 Å². The Balaban J connectivity index is 1.61. The molecule has 0 aliphatic carbocycles. The minimum absolute atomic E-state index is 0.243. The van der Waals surface area contributed by atoms with Crippen LogP contribution in [0.5, 0.6) is 0 Å². The van der Waals surface area contributed by atoms with Gasteiger partial charge in [-0.2, -0.15) is 10.1 Å². The first-order valence-electron chi connectivity index (χ1n) is 10.7. The summed E-state index contributed by atoms with van der Waals surface area (Å²) in [4.78, 5) is 34.3. The van der Waals surface area contributed by atoms with Gasteiger partial charge in [-0.25, -0.2) is 4.68 Å². The second-order valence-electron chi connectivity index (χ2n) is 8.65. The molecule has 3 heterocycles. The summed E-state index contributed by atoms with van der Waals surface area (Å²) in [6, 6.07) is 11.2. The molecule has 8 nitrogen and oxygen atoms in total. The first kappa shape index (κ1) is 22.6. The van der Waals surface area contributed by atoms with E-state index >= 15 is 0 Å².